The molecule has 2 rings (SSSR count). The van der Waals surface area contributed by atoms with Crippen molar-refractivity contribution in [2.24, 2.45) is 0 Å². The molecule has 3 heteroatoms. The molecule has 94 valence electrons. The van der Waals surface area contributed by atoms with E-state index in [0.29, 0.717) is 12.1 Å². The molecule has 0 amide bonds. The molecule has 0 saturated carbocycles. The zero-order valence-corrected chi connectivity index (χ0v) is 11.9. The SMILES string of the molecule is C[C@@H](NC1CCCOCC1)c1ccccc1Br. The lowest BCUT2D eigenvalue weighted by molar-refractivity contribution is 0.142. The third-order valence-corrected chi connectivity index (χ3v) is 4.03. The van der Waals surface area contributed by atoms with Crippen LogP contribution >= 0.6 is 15.9 Å². The maximum Gasteiger partial charge on any atom is 0.0480 e. The number of rotatable bonds is 3. The molecule has 0 aliphatic carbocycles. The third kappa shape index (κ3) is 3.80. The second kappa shape index (κ2) is 6.53. The van der Waals surface area contributed by atoms with Crippen LogP contribution in [0.15, 0.2) is 28.7 Å². The van der Waals surface area contributed by atoms with Crippen LogP contribution in [0, 0.1) is 0 Å². The summed E-state index contributed by atoms with van der Waals surface area (Å²) < 4.78 is 6.67. The van der Waals surface area contributed by atoms with Crippen LogP contribution in [0.1, 0.15) is 37.8 Å². The normalized spacial score (nSPS) is 23.1. The van der Waals surface area contributed by atoms with Gasteiger partial charge in [-0.05, 0) is 37.8 Å². The van der Waals surface area contributed by atoms with Crippen molar-refractivity contribution in [2.75, 3.05) is 13.2 Å². The highest BCUT2D eigenvalue weighted by molar-refractivity contribution is 9.10. The monoisotopic (exact) mass is 297 g/mol. The van der Waals surface area contributed by atoms with Crippen LogP contribution in [0.4, 0.5) is 0 Å². The molecule has 0 bridgehead atoms. The van der Waals surface area contributed by atoms with E-state index in [1.165, 1.54) is 22.9 Å². The topological polar surface area (TPSA) is 21.3 Å². The first-order valence-electron chi connectivity index (χ1n) is 6.35. The molecule has 2 nitrogen and oxygen atoms in total. The smallest absolute Gasteiger partial charge is 0.0480 e. The van der Waals surface area contributed by atoms with Crippen LogP contribution < -0.4 is 5.32 Å². The quantitative estimate of drug-likeness (QED) is 0.919. The van der Waals surface area contributed by atoms with Crippen LogP contribution in [0.3, 0.4) is 0 Å². The van der Waals surface area contributed by atoms with E-state index in [1.807, 2.05) is 0 Å². The van der Waals surface area contributed by atoms with Gasteiger partial charge in [0.1, 0.15) is 0 Å². The Hall–Kier alpha value is -0.380. The third-order valence-electron chi connectivity index (χ3n) is 3.31. The van der Waals surface area contributed by atoms with Crippen molar-refractivity contribution in [1.29, 1.82) is 0 Å². The summed E-state index contributed by atoms with van der Waals surface area (Å²) in [5.41, 5.74) is 1.33. The number of benzene rings is 1. The van der Waals surface area contributed by atoms with E-state index < -0.39 is 0 Å². The molecular weight excluding hydrogens is 278 g/mol. The van der Waals surface area contributed by atoms with E-state index in [4.69, 9.17) is 4.74 Å². The minimum Gasteiger partial charge on any atom is -0.381 e. The first-order valence-corrected chi connectivity index (χ1v) is 7.15. The second-order valence-electron chi connectivity index (χ2n) is 4.65. The number of halogens is 1. The fourth-order valence-electron chi connectivity index (χ4n) is 2.34. The molecule has 17 heavy (non-hydrogen) atoms. The Kier molecular flexibility index (Phi) is 5.01. The van der Waals surface area contributed by atoms with Crippen molar-refractivity contribution in [1.82, 2.24) is 5.32 Å². The molecule has 1 N–H and O–H groups in total. The number of nitrogens with one attached hydrogen (secondary N) is 1. The average Bonchev–Trinajstić information content (AvgIpc) is 2.58. The van der Waals surface area contributed by atoms with Crippen LogP contribution in [-0.4, -0.2) is 19.3 Å². The summed E-state index contributed by atoms with van der Waals surface area (Å²) in [6, 6.07) is 9.39. The molecule has 1 aromatic rings. The number of hydrogen-bond acceptors (Lipinski definition) is 2. The number of ether oxygens (including phenoxy) is 1. The van der Waals surface area contributed by atoms with Gasteiger partial charge in [-0.15, -0.1) is 0 Å². The molecule has 0 aromatic heterocycles. The van der Waals surface area contributed by atoms with Gasteiger partial charge >= 0.3 is 0 Å². The van der Waals surface area contributed by atoms with Gasteiger partial charge in [-0.3, -0.25) is 0 Å². The summed E-state index contributed by atoms with van der Waals surface area (Å²) in [6.45, 7) is 4.04. The lowest BCUT2D eigenvalue weighted by Crippen LogP contribution is -2.31. The molecule has 0 radical (unpaired) electrons. The summed E-state index contributed by atoms with van der Waals surface area (Å²) >= 11 is 3.61. The Morgan fingerprint density at radius 2 is 2.12 bits per heavy atom. The molecule has 1 unspecified atom stereocenters. The molecule has 1 heterocycles. The molecule has 1 aliphatic heterocycles. The molecule has 0 spiro atoms. The maximum absolute atomic E-state index is 5.49. The van der Waals surface area contributed by atoms with Gasteiger partial charge in [-0.1, -0.05) is 34.1 Å². The largest absolute Gasteiger partial charge is 0.381 e. The minimum atomic E-state index is 0.383. The van der Waals surface area contributed by atoms with E-state index in [0.717, 1.165) is 19.6 Å². The van der Waals surface area contributed by atoms with Crippen LogP contribution in [0.25, 0.3) is 0 Å². The molecule has 1 aromatic carbocycles. The van der Waals surface area contributed by atoms with Crippen molar-refractivity contribution in [3.8, 4) is 0 Å². The van der Waals surface area contributed by atoms with Crippen LogP contribution in [0.2, 0.25) is 0 Å². The predicted octanol–water partition coefficient (Wildman–Crippen LogP) is 3.67. The van der Waals surface area contributed by atoms with Crippen LogP contribution in [0.5, 0.6) is 0 Å². The van der Waals surface area contributed by atoms with Crippen molar-refractivity contribution in [3.63, 3.8) is 0 Å². The van der Waals surface area contributed by atoms with E-state index >= 15 is 0 Å². The maximum atomic E-state index is 5.49. The first kappa shape index (κ1) is 13.1. The predicted molar refractivity (Wildman–Crippen MR) is 74.2 cm³/mol. The summed E-state index contributed by atoms with van der Waals surface area (Å²) in [4.78, 5) is 0. The summed E-state index contributed by atoms with van der Waals surface area (Å²) in [6.07, 6.45) is 3.50. The summed E-state index contributed by atoms with van der Waals surface area (Å²) in [5.74, 6) is 0. The standard InChI is InChI=1S/C14H20BrNO/c1-11(13-6-2-3-7-14(13)15)16-12-5-4-9-17-10-8-12/h2-3,6-7,11-12,16H,4-5,8-10H2,1H3/t11-,12?/m1/s1. The van der Waals surface area contributed by atoms with E-state index in [9.17, 15) is 0 Å². The minimum absolute atomic E-state index is 0.383. The summed E-state index contributed by atoms with van der Waals surface area (Å²) in [7, 11) is 0. The molecule has 1 aliphatic rings. The van der Waals surface area contributed by atoms with Gasteiger partial charge in [0.15, 0.2) is 0 Å². The molecule has 2 atom stereocenters. The fourth-order valence-corrected chi connectivity index (χ4v) is 2.97. The van der Waals surface area contributed by atoms with Gasteiger partial charge in [0, 0.05) is 29.8 Å². The van der Waals surface area contributed by atoms with Crippen molar-refractivity contribution < 1.29 is 4.74 Å². The lowest BCUT2D eigenvalue weighted by atomic mass is 10.0. The second-order valence-corrected chi connectivity index (χ2v) is 5.50. The highest BCUT2D eigenvalue weighted by atomic mass is 79.9. The number of hydrogen-bond donors (Lipinski definition) is 1. The highest BCUT2D eigenvalue weighted by Gasteiger charge is 2.16. The van der Waals surface area contributed by atoms with Gasteiger partial charge in [0.05, 0.1) is 0 Å². The van der Waals surface area contributed by atoms with Gasteiger partial charge in [-0.2, -0.15) is 0 Å². The molecule has 1 fully saturated rings. The van der Waals surface area contributed by atoms with E-state index in [-0.39, 0.29) is 0 Å². The Labute approximate surface area is 112 Å². The van der Waals surface area contributed by atoms with Crippen molar-refractivity contribution >= 4 is 15.9 Å². The van der Waals surface area contributed by atoms with Gasteiger partial charge < -0.3 is 10.1 Å². The fraction of sp³-hybridized carbons (Fsp3) is 0.571. The zero-order chi connectivity index (χ0) is 12.1. The zero-order valence-electron chi connectivity index (χ0n) is 10.3. The molecule has 1 saturated heterocycles. The lowest BCUT2D eigenvalue weighted by Gasteiger charge is -2.22. The first-order chi connectivity index (χ1) is 8.27. The van der Waals surface area contributed by atoms with E-state index in [2.05, 4.69) is 52.4 Å². The Balaban J connectivity index is 1.96. The Morgan fingerprint density at radius 1 is 1.29 bits per heavy atom. The average molecular weight is 298 g/mol. The van der Waals surface area contributed by atoms with Crippen molar-refractivity contribution in [3.05, 3.63) is 34.3 Å². The van der Waals surface area contributed by atoms with Gasteiger partial charge in [0.2, 0.25) is 0 Å². The summed E-state index contributed by atoms with van der Waals surface area (Å²) in [5, 5.41) is 3.71. The Bertz CT molecular complexity index is 348. The Morgan fingerprint density at radius 3 is 2.94 bits per heavy atom. The van der Waals surface area contributed by atoms with Gasteiger partial charge in [0.25, 0.3) is 0 Å². The van der Waals surface area contributed by atoms with Crippen molar-refractivity contribution in [2.45, 2.75) is 38.3 Å². The van der Waals surface area contributed by atoms with Gasteiger partial charge in [-0.25, -0.2) is 0 Å². The highest BCUT2D eigenvalue weighted by Crippen LogP contribution is 2.24. The molecular formula is C14H20BrNO. The van der Waals surface area contributed by atoms with E-state index in [1.54, 1.807) is 0 Å². The van der Waals surface area contributed by atoms with Crippen LogP contribution in [-0.2, 0) is 4.74 Å².